The van der Waals surface area contributed by atoms with Gasteiger partial charge in [0, 0.05) is 6.42 Å². The van der Waals surface area contributed by atoms with Crippen LogP contribution in [0.2, 0.25) is 0 Å². The first-order valence-corrected chi connectivity index (χ1v) is 5.83. The zero-order valence-corrected chi connectivity index (χ0v) is 11.8. The largest absolute Gasteiger partial charge is 0.432 e. The Balaban J connectivity index is 6.45. The summed E-state index contributed by atoms with van der Waals surface area (Å²) in [5, 5.41) is 0. The van der Waals surface area contributed by atoms with Crippen molar-refractivity contribution >= 4 is 0 Å². The van der Waals surface area contributed by atoms with Crippen molar-refractivity contribution in [2.45, 2.75) is 55.1 Å². The van der Waals surface area contributed by atoms with Crippen molar-refractivity contribution < 1.29 is 70.2 Å². The molecule has 0 aromatic carbocycles. The molecule has 157 valence electrons. The van der Waals surface area contributed by atoms with Crippen LogP contribution < -0.4 is 0 Å². The molecule has 0 N–H and O–H groups in total. The second-order valence-corrected chi connectivity index (χ2v) is 4.74. The van der Waals surface area contributed by atoms with E-state index in [0.717, 1.165) is 0 Å². The summed E-state index contributed by atoms with van der Waals surface area (Å²) in [6.45, 7) is -0.00796. The van der Waals surface area contributed by atoms with E-state index in [1.165, 1.54) is 0 Å². The molecule has 0 heterocycles. The molecule has 0 aliphatic heterocycles. The van der Waals surface area contributed by atoms with E-state index in [4.69, 9.17) is 0 Å². The minimum atomic E-state index is -8.24. The van der Waals surface area contributed by atoms with Gasteiger partial charge in [0.05, 0.1) is 0 Å². The molecule has 0 aromatic rings. The second-order valence-electron chi connectivity index (χ2n) is 4.74. The molecule has 0 atom stereocenters. The smallest absolute Gasteiger partial charge is 0.222 e. The topological polar surface area (TPSA) is 0 Å². The van der Waals surface area contributed by atoms with Crippen LogP contribution in [0, 0.1) is 6.17 Å². The van der Waals surface area contributed by atoms with Crippen molar-refractivity contribution in [2.24, 2.45) is 0 Å². The van der Waals surface area contributed by atoms with E-state index in [-0.39, 0.29) is 6.92 Å². The first-order valence-electron chi connectivity index (χ1n) is 5.83. The molecule has 0 aromatic heterocycles. The molecule has 0 saturated heterocycles. The molecule has 0 amide bonds. The lowest BCUT2D eigenvalue weighted by atomic mass is 9.89. The number of hydrogen-bond donors (Lipinski definition) is 0. The van der Waals surface area contributed by atoms with E-state index in [9.17, 15) is 70.2 Å². The highest BCUT2D eigenvalue weighted by atomic mass is 19.4. The van der Waals surface area contributed by atoms with Gasteiger partial charge in [-0.3, -0.25) is 0 Å². The average Bonchev–Trinajstić information content (AvgIpc) is 2.44. The Labute approximate surface area is 133 Å². The van der Waals surface area contributed by atoms with E-state index < -0.39 is 54.3 Å². The summed E-state index contributed by atoms with van der Waals surface area (Å²) in [6.07, 6.45) is -14.7. The van der Waals surface area contributed by atoms with Gasteiger partial charge < -0.3 is 0 Å². The van der Waals surface area contributed by atoms with Crippen LogP contribution in [0.1, 0.15) is 13.3 Å². The van der Waals surface area contributed by atoms with Crippen LogP contribution in [0.3, 0.4) is 0 Å². The fourth-order valence-corrected chi connectivity index (χ4v) is 1.36. The molecule has 0 bridgehead atoms. The maximum atomic E-state index is 13.0. The molecule has 0 aliphatic carbocycles. The summed E-state index contributed by atoms with van der Waals surface area (Å²) in [4.78, 5) is 0. The molecule has 0 spiro atoms. The quantitative estimate of drug-likeness (QED) is 0.419. The van der Waals surface area contributed by atoms with Crippen molar-refractivity contribution in [3.63, 3.8) is 0 Å². The van der Waals surface area contributed by atoms with Crippen molar-refractivity contribution in [3.8, 4) is 0 Å². The Morgan fingerprint density at radius 1 is 0.538 bits per heavy atom. The average molecular weight is 429 g/mol. The standard InChI is InChI=1S/C10H5F16/c1-2-4(12,13)7(19,20)9(23,24)10(25,26)8(21,22)5(14,15)3(11)6(16,17)18/h2H2,1H3. The minimum absolute atomic E-state index is 0.00796. The lowest BCUT2D eigenvalue weighted by molar-refractivity contribution is -0.428. The summed E-state index contributed by atoms with van der Waals surface area (Å²) in [5.74, 6) is -45.8. The third kappa shape index (κ3) is 3.16. The molecular formula is C10H5F16. The predicted octanol–water partition coefficient (Wildman–Crippen LogP) is 6.27. The molecular weight excluding hydrogens is 424 g/mol. The zero-order chi connectivity index (χ0) is 21.8. The minimum Gasteiger partial charge on any atom is -0.222 e. The molecule has 0 nitrogen and oxygen atoms in total. The maximum Gasteiger partial charge on any atom is 0.432 e. The highest BCUT2D eigenvalue weighted by Crippen LogP contribution is 2.62. The van der Waals surface area contributed by atoms with Gasteiger partial charge in [-0.05, 0) is 0 Å². The van der Waals surface area contributed by atoms with E-state index >= 15 is 0 Å². The summed E-state index contributed by atoms with van der Waals surface area (Å²) >= 11 is 0. The zero-order valence-electron chi connectivity index (χ0n) is 11.8. The van der Waals surface area contributed by atoms with Crippen LogP contribution in [0.5, 0.6) is 0 Å². The number of halogens is 16. The van der Waals surface area contributed by atoms with Crippen LogP contribution in [-0.4, -0.2) is 41.7 Å². The molecule has 0 rings (SSSR count). The molecule has 16 heteroatoms. The SMILES string of the molecule is CCC(F)(F)C(F)(F)C(F)(F)C(F)(F)C(F)(F)C(F)(F)[C](F)C(F)(F)F. The van der Waals surface area contributed by atoms with Gasteiger partial charge in [0.25, 0.3) is 0 Å². The van der Waals surface area contributed by atoms with E-state index in [1.54, 1.807) is 0 Å². The van der Waals surface area contributed by atoms with E-state index in [0.29, 0.717) is 0 Å². The molecule has 26 heavy (non-hydrogen) atoms. The Morgan fingerprint density at radius 3 is 1.12 bits per heavy atom. The third-order valence-corrected chi connectivity index (χ3v) is 3.01. The van der Waals surface area contributed by atoms with Crippen molar-refractivity contribution in [1.82, 2.24) is 0 Å². The van der Waals surface area contributed by atoms with Crippen LogP contribution >= 0.6 is 0 Å². The molecule has 0 saturated carbocycles. The Hall–Kier alpha value is -1.12. The second kappa shape index (κ2) is 6.21. The highest BCUT2D eigenvalue weighted by Gasteiger charge is 2.91. The van der Waals surface area contributed by atoms with Gasteiger partial charge in [-0.25, -0.2) is 4.39 Å². The Morgan fingerprint density at radius 2 is 0.846 bits per heavy atom. The molecule has 1 radical (unpaired) electrons. The van der Waals surface area contributed by atoms with Gasteiger partial charge in [-0.1, -0.05) is 6.92 Å². The summed E-state index contributed by atoms with van der Waals surface area (Å²) in [7, 11) is 0. The molecule has 0 fully saturated rings. The normalized spacial score (nSPS) is 16.4. The monoisotopic (exact) mass is 429 g/mol. The predicted molar refractivity (Wildman–Crippen MR) is 50.4 cm³/mol. The van der Waals surface area contributed by atoms with Gasteiger partial charge in [0.15, 0.2) is 0 Å². The van der Waals surface area contributed by atoms with Gasteiger partial charge in [0.1, 0.15) is 0 Å². The summed E-state index contributed by atoms with van der Waals surface area (Å²) < 4.78 is 202. The lowest BCUT2D eigenvalue weighted by Crippen LogP contribution is -2.71. The van der Waals surface area contributed by atoms with Gasteiger partial charge in [-0.15, -0.1) is 0 Å². The number of hydrogen-bond acceptors (Lipinski definition) is 0. The number of alkyl halides is 15. The fraction of sp³-hybridized carbons (Fsp3) is 0.900. The maximum absolute atomic E-state index is 13.0. The lowest BCUT2D eigenvalue weighted by Gasteiger charge is -2.41. The van der Waals surface area contributed by atoms with Crippen molar-refractivity contribution in [1.29, 1.82) is 0 Å². The van der Waals surface area contributed by atoms with Crippen LogP contribution in [0.15, 0.2) is 0 Å². The summed E-state index contributed by atoms with van der Waals surface area (Å²) in [5.41, 5.74) is 0. The molecule has 0 unspecified atom stereocenters. The first kappa shape index (κ1) is 24.9. The van der Waals surface area contributed by atoms with Crippen LogP contribution in [-0.2, 0) is 0 Å². The third-order valence-electron chi connectivity index (χ3n) is 3.01. The molecule has 0 aliphatic rings. The highest BCUT2D eigenvalue weighted by molar-refractivity contribution is 5.17. The van der Waals surface area contributed by atoms with E-state index in [1.807, 2.05) is 0 Å². The Kier molecular flexibility index (Phi) is 5.94. The van der Waals surface area contributed by atoms with Gasteiger partial charge in [-0.2, -0.15) is 65.9 Å². The van der Waals surface area contributed by atoms with Gasteiger partial charge in [0.2, 0.25) is 0 Å². The Bertz CT molecular complexity index is 500. The number of rotatable bonds is 7. The van der Waals surface area contributed by atoms with Crippen molar-refractivity contribution in [3.05, 3.63) is 6.17 Å². The first-order chi connectivity index (χ1) is 11.0. The fourth-order valence-electron chi connectivity index (χ4n) is 1.36. The van der Waals surface area contributed by atoms with Crippen LogP contribution in [0.4, 0.5) is 70.2 Å². The van der Waals surface area contributed by atoms with Crippen LogP contribution in [0.25, 0.3) is 0 Å². The van der Waals surface area contributed by atoms with Gasteiger partial charge >= 0.3 is 47.9 Å². The van der Waals surface area contributed by atoms with E-state index in [2.05, 4.69) is 0 Å². The summed E-state index contributed by atoms with van der Waals surface area (Å²) in [6, 6.07) is 0. The van der Waals surface area contributed by atoms with Crippen molar-refractivity contribution in [2.75, 3.05) is 0 Å².